The van der Waals surface area contributed by atoms with Gasteiger partial charge in [0.15, 0.2) is 0 Å². The summed E-state index contributed by atoms with van der Waals surface area (Å²) in [6.45, 7) is 0.245. The molecule has 0 spiro atoms. The Morgan fingerprint density at radius 3 is 2.47 bits per heavy atom. The molecule has 1 rings (SSSR count). The molecule has 0 unspecified atom stereocenters. The summed E-state index contributed by atoms with van der Waals surface area (Å²) in [5, 5.41) is 8.19. The second kappa shape index (κ2) is 7.27. The standard InChI is InChI=1S/C12H14O5/c13-11(7-4-8-16-12(14)15)17-9-10-5-2-1-3-6-10/h1-3,5-6H,4,7-9H2,(H,14,15). The Bertz CT molecular complexity index is 360. The van der Waals surface area contributed by atoms with Crippen LogP contribution in [-0.4, -0.2) is 23.8 Å². The molecule has 5 nitrogen and oxygen atoms in total. The lowest BCUT2D eigenvalue weighted by atomic mass is 10.2. The molecule has 1 aromatic carbocycles. The highest BCUT2D eigenvalue weighted by molar-refractivity contribution is 5.69. The van der Waals surface area contributed by atoms with Crippen molar-refractivity contribution in [1.29, 1.82) is 0 Å². The number of rotatable bonds is 6. The van der Waals surface area contributed by atoms with Gasteiger partial charge in [-0.3, -0.25) is 4.79 Å². The summed E-state index contributed by atoms with van der Waals surface area (Å²) in [6.07, 6.45) is -0.845. The molecule has 1 N–H and O–H groups in total. The Kier molecular flexibility index (Phi) is 5.57. The van der Waals surface area contributed by atoms with Crippen LogP contribution in [0.25, 0.3) is 0 Å². The Morgan fingerprint density at radius 2 is 1.82 bits per heavy atom. The van der Waals surface area contributed by atoms with Gasteiger partial charge in [-0.2, -0.15) is 0 Å². The van der Waals surface area contributed by atoms with Crippen LogP contribution in [0.1, 0.15) is 18.4 Å². The number of carbonyl (C=O) groups is 2. The van der Waals surface area contributed by atoms with Crippen molar-refractivity contribution in [3.63, 3.8) is 0 Å². The van der Waals surface area contributed by atoms with Crippen molar-refractivity contribution >= 4 is 12.1 Å². The van der Waals surface area contributed by atoms with Crippen LogP contribution in [-0.2, 0) is 20.9 Å². The normalized spacial score (nSPS) is 9.65. The van der Waals surface area contributed by atoms with E-state index < -0.39 is 6.16 Å². The van der Waals surface area contributed by atoms with Crippen molar-refractivity contribution < 1.29 is 24.2 Å². The van der Waals surface area contributed by atoms with Crippen LogP contribution in [0.15, 0.2) is 30.3 Å². The molecule has 92 valence electrons. The summed E-state index contributed by atoms with van der Waals surface area (Å²) >= 11 is 0. The molecule has 0 saturated carbocycles. The van der Waals surface area contributed by atoms with Crippen molar-refractivity contribution in [2.24, 2.45) is 0 Å². The van der Waals surface area contributed by atoms with Gasteiger partial charge in [-0.05, 0) is 12.0 Å². The molecule has 0 aliphatic rings. The first-order chi connectivity index (χ1) is 8.18. The summed E-state index contributed by atoms with van der Waals surface area (Å²) in [5.74, 6) is -0.358. The van der Waals surface area contributed by atoms with Gasteiger partial charge in [0.2, 0.25) is 0 Å². The molecule has 17 heavy (non-hydrogen) atoms. The van der Waals surface area contributed by atoms with Crippen LogP contribution in [0.2, 0.25) is 0 Å². The van der Waals surface area contributed by atoms with Gasteiger partial charge in [-0.25, -0.2) is 4.79 Å². The zero-order chi connectivity index (χ0) is 12.5. The third-order valence-corrected chi connectivity index (χ3v) is 1.99. The number of hydrogen-bond donors (Lipinski definition) is 1. The topological polar surface area (TPSA) is 72.8 Å². The molecule has 0 bridgehead atoms. The predicted molar refractivity (Wildman–Crippen MR) is 59.4 cm³/mol. The number of benzene rings is 1. The number of ether oxygens (including phenoxy) is 2. The van der Waals surface area contributed by atoms with E-state index in [0.29, 0.717) is 6.42 Å². The van der Waals surface area contributed by atoms with Crippen LogP contribution >= 0.6 is 0 Å². The molecule has 0 atom stereocenters. The summed E-state index contributed by atoms with van der Waals surface area (Å²) in [5.41, 5.74) is 0.919. The maximum atomic E-state index is 11.2. The molecule has 1 aromatic rings. The molecule has 5 heteroatoms. The maximum absolute atomic E-state index is 11.2. The van der Waals surface area contributed by atoms with E-state index in [0.717, 1.165) is 5.56 Å². The first kappa shape index (κ1) is 13.0. The van der Waals surface area contributed by atoms with Crippen molar-refractivity contribution in [2.75, 3.05) is 6.61 Å². The molecule has 0 amide bonds. The highest BCUT2D eigenvalue weighted by Crippen LogP contribution is 2.02. The fourth-order valence-electron chi connectivity index (χ4n) is 1.19. The molecule has 0 fully saturated rings. The van der Waals surface area contributed by atoms with Crippen molar-refractivity contribution in [3.05, 3.63) is 35.9 Å². The molecular weight excluding hydrogens is 224 g/mol. The van der Waals surface area contributed by atoms with Gasteiger partial charge in [0, 0.05) is 6.42 Å². The van der Waals surface area contributed by atoms with E-state index in [-0.39, 0.29) is 25.6 Å². The molecule has 0 radical (unpaired) electrons. The summed E-state index contributed by atoms with van der Waals surface area (Å²) in [6, 6.07) is 9.34. The van der Waals surface area contributed by atoms with E-state index in [1.807, 2.05) is 30.3 Å². The lowest BCUT2D eigenvalue weighted by molar-refractivity contribution is -0.145. The molecule has 0 aliphatic carbocycles. The SMILES string of the molecule is O=C(O)OCCCC(=O)OCc1ccccc1. The Balaban J connectivity index is 2.11. The average molecular weight is 238 g/mol. The predicted octanol–water partition coefficient (Wildman–Crippen LogP) is 2.20. The van der Waals surface area contributed by atoms with Gasteiger partial charge < -0.3 is 14.6 Å². The van der Waals surface area contributed by atoms with E-state index in [9.17, 15) is 9.59 Å². The van der Waals surface area contributed by atoms with Crippen LogP contribution in [0.3, 0.4) is 0 Å². The smallest absolute Gasteiger partial charge is 0.461 e. The van der Waals surface area contributed by atoms with E-state index in [1.54, 1.807) is 0 Å². The highest BCUT2D eigenvalue weighted by Gasteiger charge is 2.04. The monoisotopic (exact) mass is 238 g/mol. The molecule has 0 aliphatic heterocycles. The molecule has 0 aromatic heterocycles. The zero-order valence-corrected chi connectivity index (χ0v) is 9.30. The van der Waals surface area contributed by atoms with E-state index in [1.165, 1.54) is 0 Å². The minimum Gasteiger partial charge on any atom is -0.461 e. The zero-order valence-electron chi connectivity index (χ0n) is 9.30. The fraction of sp³-hybridized carbons (Fsp3) is 0.333. The summed E-state index contributed by atoms with van der Waals surface area (Å²) < 4.78 is 9.26. The van der Waals surface area contributed by atoms with Gasteiger partial charge in [0.1, 0.15) is 6.61 Å². The third-order valence-electron chi connectivity index (χ3n) is 1.99. The van der Waals surface area contributed by atoms with Gasteiger partial charge in [-0.1, -0.05) is 30.3 Å². The molecule has 0 heterocycles. The summed E-state index contributed by atoms with van der Waals surface area (Å²) in [4.78, 5) is 21.3. The fourth-order valence-corrected chi connectivity index (χ4v) is 1.19. The molecular formula is C12H14O5. The van der Waals surface area contributed by atoms with E-state index in [4.69, 9.17) is 9.84 Å². The average Bonchev–Trinajstić information content (AvgIpc) is 2.33. The lowest BCUT2D eigenvalue weighted by Gasteiger charge is -2.04. The minimum atomic E-state index is -1.33. The van der Waals surface area contributed by atoms with Gasteiger partial charge in [-0.15, -0.1) is 0 Å². The third kappa shape index (κ3) is 6.19. The maximum Gasteiger partial charge on any atom is 0.505 e. The van der Waals surface area contributed by atoms with Gasteiger partial charge >= 0.3 is 12.1 Å². The first-order valence-corrected chi connectivity index (χ1v) is 5.24. The van der Waals surface area contributed by atoms with E-state index in [2.05, 4.69) is 4.74 Å². The molecule has 0 saturated heterocycles. The van der Waals surface area contributed by atoms with Crippen molar-refractivity contribution in [2.45, 2.75) is 19.4 Å². The quantitative estimate of drug-likeness (QED) is 0.607. The van der Waals surface area contributed by atoms with Crippen LogP contribution in [0.4, 0.5) is 4.79 Å². The number of carbonyl (C=O) groups excluding carboxylic acids is 1. The Hall–Kier alpha value is -2.04. The van der Waals surface area contributed by atoms with Crippen molar-refractivity contribution in [3.8, 4) is 0 Å². The van der Waals surface area contributed by atoms with Crippen LogP contribution in [0.5, 0.6) is 0 Å². The van der Waals surface area contributed by atoms with Crippen molar-refractivity contribution in [1.82, 2.24) is 0 Å². The summed E-state index contributed by atoms with van der Waals surface area (Å²) in [7, 11) is 0. The second-order valence-electron chi connectivity index (χ2n) is 3.36. The highest BCUT2D eigenvalue weighted by atomic mass is 16.7. The Labute approximate surface area is 99.0 Å². The van der Waals surface area contributed by atoms with Gasteiger partial charge in [0.25, 0.3) is 0 Å². The Morgan fingerprint density at radius 1 is 1.12 bits per heavy atom. The number of esters is 1. The second-order valence-corrected chi connectivity index (χ2v) is 3.36. The number of carboxylic acid groups (broad SMARTS) is 1. The number of hydrogen-bond acceptors (Lipinski definition) is 4. The van der Waals surface area contributed by atoms with Crippen LogP contribution in [0, 0.1) is 0 Å². The minimum absolute atomic E-state index is 0.00969. The van der Waals surface area contributed by atoms with Gasteiger partial charge in [0.05, 0.1) is 6.61 Å². The van der Waals surface area contributed by atoms with Crippen LogP contribution < -0.4 is 0 Å². The largest absolute Gasteiger partial charge is 0.505 e. The lowest BCUT2D eigenvalue weighted by Crippen LogP contribution is -2.07. The first-order valence-electron chi connectivity index (χ1n) is 5.24. The van der Waals surface area contributed by atoms with E-state index >= 15 is 0 Å².